The van der Waals surface area contributed by atoms with Crippen LogP contribution in [-0.2, 0) is 4.79 Å². The summed E-state index contributed by atoms with van der Waals surface area (Å²) in [6.07, 6.45) is -0.783. The molecule has 0 fully saturated rings. The first kappa shape index (κ1) is 18.1. The first-order valence-electron chi connectivity index (χ1n) is 7.04. The Morgan fingerprint density at radius 2 is 1.88 bits per heavy atom. The van der Waals surface area contributed by atoms with Gasteiger partial charge in [-0.2, -0.15) is 0 Å². The number of aryl methyl sites for hydroxylation is 1. The van der Waals surface area contributed by atoms with Gasteiger partial charge in [0.15, 0.2) is 6.10 Å². The molecular weight excluding hydrogens is 353 g/mol. The number of amides is 1. The molecule has 2 aromatic carbocycles. The van der Waals surface area contributed by atoms with Crippen molar-refractivity contribution in [1.82, 2.24) is 0 Å². The average Bonchev–Trinajstić information content (AvgIpc) is 2.51. The quantitative estimate of drug-likeness (QED) is 0.820. The van der Waals surface area contributed by atoms with Gasteiger partial charge in [-0.25, -0.2) is 4.79 Å². The van der Waals surface area contributed by atoms with Gasteiger partial charge >= 0.3 is 5.97 Å². The zero-order valence-corrected chi connectivity index (χ0v) is 14.5. The average molecular weight is 368 g/mol. The fourth-order valence-electron chi connectivity index (χ4n) is 2.00. The minimum Gasteiger partial charge on any atom is -0.481 e. The maximum Gasteiger partial charge on any atom is 0.337 e. The Hall–Kier alpha value is -2.24. The number of aromatic carboxylic acids is 1. The molecule has 2 N–H and O–H groups in total. The van der Waals surface area contributed by atoms with E-state index in [0.717, 1.165) is 5.56 Å². The van der Waals surface area contributed by atoms with Crippen LogP contribution in [0.5, 0.6) is 5.75 Å². The number of hydrogen-bond acceptors (Lipinski definition) is 3. The summed E-state index contributed by atoms with van der Waals surface area (Å²) in [5, 5.41) is 12.3. The Kier molecular flexibility index (Phi) is 5.70. The fourth-order valence-corrected chi connectivity index (χ4v) is 2.42. The minimum atomic E-state index is -1.17. The molecule has 0 bridgehead atoms. The van der Waals surface area contributed by atoms with Crippen LogP contribution in [0.4, 0.5) is 5.69 Å². The normalized spacial score (nSPS) is 11.7. The number of carbonyl (C=O) groups excluding carboxylic acids is 1. The number of carbonyl (C=O) groups is 2. The lowest BCUT2D eigenvalue weighted by Gasteiger charge is -2.16. The van der Waals surface area contributed by atoms with Crippen LogP contribution in [0, 0.1) is 6.92 Å². The Morgan fingerprint density at radius 3 is 2.50 bits per heavy atom. The summed E-state index contributed by atoms with van der Waals surface area (Å²) < 4.78 is 5.62. The van der Waals surface area contributed by atoms with E-state index < -0.39 is 18.0 Å². The number of carboxylic acid groups (broad SMARTS) is 1. The second-order valence-corrected chi connectivity index (χ2v) is 6.00. The van der Waals surface area contributed by atoms with Crippen molar-refractivity contribution in [3.05, 3.63) is 57.6 Å². The first-order chi connectivity index (χ1) is 11.3. The van der Waals surface area contributed by atoms with Crippen molar-refractivity contribution >= 4 is 40.8 Å². The van der Waals surface area contributed by atoms with E-state index >= 15 is 0 Å². The van der Waals surface area contributed by atoms with E-state index in [1.807, 2.05) is 6.92 Å². The van der Waals surface area contributed by atoms with E-state index in [1.165, 1.54) is 18.2 Å². The van der Waals surface area contributed by atoms with Gasteiger partial charge < -0.3 is 15.2 Å². The molecule has 5 nitrogen and oxygen atoms in total. The van der Waals surface area contributed by atoms with Crippen LogP contribution in [0.3, 0.4) is 0 Å². The molecule has 0 saturated heterocycles. The number of halogens is 2. The molecule has 0 heterocycles. The number of rotatable bonds is 5. The van der Waals surface area contributed by atoms with Crippen molar-refractivity contribution in [2.75, 3.05) is 5.32 Å². The van der Waals surface area contributed by atoms with Gasteiger partial charge in [-0.05, 0) is 55.8 Å². The molecule has 0 aliphatic carbocycles. The van der Waals surface area contributed by atoms with E-state index in [-0.39, 0.29) is 10.6 Å². The second kappa shape index (κ2) is 7.55. The molecule has 0 aliphatic rings. The van der Waals surface area contributed by atoms with Gasteiger partial charge in [-0.1, -0.05) is 23.2 Å². The van der Waals surface area contributed by atoms with E-state index in [0.29, 0.717) is 16.5 Å². The molecule has 0 aromatic heterocycles. The number of benzene rings is 2. The summed E-state index contributed by atoms with van der Waals surface area (Å²) in [7, 11) is 0. The summed E-state index contributed by atoms with van der Waals surface area (Å²) in [5.41, 5.74) is 1.04. The predicted molar refractivity (Wildman–Crippen MR) is 93.3 cm³/mol. The zero-order chi connectivity index (χ0) is 17.9. The van der Waals surface area contributed by atoms with Gasteiger partial charge in [-0.3, -0.25) is 4.79 Å². The molecule has 0 saturated carbocycles. The van der Waals surface area contributed by atoms with Crippen molar-refractivity contribution in [1.29, 1.82) is 0 Å². The summed E-state index contributed by atoms with van der Waals surface area (Å²) in [4.78, 5) is 23.3. The van der Waals surface area contributed by atoms with E-state index in [4.69, 9.17) is 33.0 Å². The lowest BCUT2D eigenvalue weighted by molar-refractivity contribution is -0.122. The van der Waals surface area contributed by atoms with E-state index in [9.17, 15) is 9.59 Å². The van der Waals surface area contributed by atoms with Crippen molar-refractivity contribution < 1.29 is 19.4 Å². The zero-order valence-electron chi connectivity index (χ0n) is 13.0. The molecule has 24 heavy (non-hydrogen) atoms. The van der Waals surface area contributed by atoms with Crippen molar-refractivity contribution in [3.8, 4) is 5.75 Å². The Labute approximate surface area is 149 Å². The van der Waals surface area contributed by atoms with Crippen LogP contribution in [0.1, 0.15) is 22.8 Å². The molecule has 2 rings (SSSR count). The van der Waals surface area contributed by atoms with Gasteiger partial charge in [0, 0.05) is 10.7 Å². The molecule has 0 unspecified atom stereocenters. The highest BCUT2D eigenvalue weighted by Gasteiger charge is 2.17. The maximum absolute atomic E-state index is 12.2. The lowest BCUT2D eigenvalue weighted by atomic mass is 10.2. The molecule has 0 radical (unpaired) electrons. The number of nitrogens with one attached hydrogen (secondary N) is 1. The third kappa shape index (κ3) is 4.40. The molecule has 2 aromatic rings. The number of carboxylic acids is 1. The minimum absolute atomic E-state index is 0.0865. The van der Waals surface area contributed by atoms with Crippen LogP contribution in [0.25, 0.3) is 0 Å². The molecule has 7 heteroatoms. The highest BCUT2D eigenvalue weighted by Crippen LogP contribution is 2.24. The topological polar surface area (TPSA) is 75.6 Å². The Balaban J connectivity index is 2.09. The van der Waals surface area contributed by atoms with Crippen molar-refractivity contribution in [2.24, 2.45) is 0 Å². The molecule has 0 aliphatic heterocycles. The highest BCUT2D eigenvalue weighted by atomic mass is 35.5. The fraction of sp³-hybridized carbons (Fsp3) is 0.176. The standard InChI is InChI=1S/C17H15Cl2NO4/c1-9-7-11(18)3-6-15(9)24-10(2)16(21)20-12-4-5-14(19)13(8-12)17(22)23/h3-8,10H,1-2H3,(H,20,21)(H,22,23)/t10-/m0/s1. The predicted octanol–water partition coefficient (Wildman–Crippen LogP) is 4.41. The maximum atomic E-state index is 12.2. The van der Waals surface area contributed by atoms with E-state index in [1.54, 1.807) is 25.1 Å². The summed E-state index contributed by atoms with van der Waals surface area (Å²) in [6, 6.07) is 9.32. The third-order valence-electron chi connectivity index (χ3n) is 3.27. The van der Waals surface area contributed by atoms with Crippen LogP contribution >= 0.6 is 23.2 Å². The summed E-state index contributed by atoms with van der Waals surface area (Å²) >= 11 is 11.7. The molecular formula is C17H15Cl2NO4. The van der Waals surface area contributed by atoms with Crippen LogP contribution < -0.4 is 10.1 Å². The smallest absolute Gasteiger partial charge is 0.337 e. The summed E-state index contributed by atoms with van der Waals surface area (Å²) in [5.74, 6) is -1.04. The van der Waals surface area contributed by atoms with Crippen molar-refractivity contribution in [3.63, 3.8) is 0 Å². The first-order valence-corrected chi connectivity index (χ1v) is 7.80. The number of ether oxygens (including phenoxy) is 1. The largest absolute Gasteiger partial charge is 0.481 e. The monoisotopic (exact) mass is 367 g/mol. The van der Waals surface area contributed by atoms with E-state index in [2.05, 4.69) is 5.32 Å². The number of anilines is 1. The molecule has 126 valence electrons. The van der Waals surface area contributed by atoms with Gasteiger partial charge in [0.1, 0.15) is 5.75 Å². The van der Waals surface area contributed by atoms with Crippen LogP contribution in [0.15, 0.2) is 36.4 Å². The van der Waals surface area contributed by atoms with Crippen molar-refractivity contribution in [2.45, 2.75) is 20.0 Å². The second-order valence-electron chi connectivity index (χ2n) is 5.16. The lowest BCUT2D eigenvalue weighted by Crippen LogP contribution is -2.30. The Bertz CT molecular complexity index is 792. The van der Waals surface area contributed by atoms with Gasteiger partial charge in [-0.15, -0.1) is 0 Å². The van der Waals surface area contributed by atoms with Gasteiger partial charge in [0.25, 0.3) is 5.91 Å². The summed E-state index contributed by atoms with van der Waals surface area (Å²) in [6.45, 7) is 3.42. The molecule has 1 amide bonds. The molecule has 0 spiro atoms. The van der Waals surface area contributed by atoms with Gasteiger partial charge in [0.05, 0.1) is 10.6 Å². The Morgan fingerprint density at radius 1 is 1.17 bits per heavy atom. The SMILES string of the molecule is Cc1cc(Cl)ccc1O[C@@H](C)C(=O)Nc1ccc(Cl)c(C(=O)O)c1. The third-order valence-corrected chi connectivity index (χ3v) is 3.84. The highest BCUT2D eigenvalue weighted by molar-refractivity contribution is 6.33. The van der Waals surface area contributed by atoms with Gasteiger partial charge in [0.2, 0.25) is 0 Å². The van der Waals surface area contributed by atoms with Crippen LogP contribution in [-0.4, -0.2) is 23.1 Å². The number of hydrogen-bond donors (Lipinski definition) is 2. The van der Waals surface area contributed by atoms with Crippen LogP contribution in [0.2, 0.25) is 10.0 Å². The molecule has 1 atom stereocenters.